The Morgan fingerprint density at radius 2 is 1.60 bits per heavy atom. The average Bonchev–Trinajstić information content (AvgIpc) is 3.27. The van der Waals surface area contributed by atoms with E-state index in [-0.39, 0.29) is 6.10 Å². The fourth-order valence-corrected chi connectivity index (χ4v) is 2.41. The normalized spacial score (nSPS) is 21.3. The molecule has 0 aliphatic carbocycles. The van der Waals surface area contributed by atoms with E-state index in [2.05, 4.69) is 20.8 Å². The first-order valence-electron chi connectivity index (χ1n) is 7.79. The van der Waals surface area contributed by atoms with Crippen LogP contribution in [-0.4, -0.2) is 61.1 Å². The van der Waals surface area contributed by atoms with Crippen LogP contribution in [0, 0.1) is 0 Å². The average molecular weight is 306 g/mol. The van der Waals surface area contributed by atoms with Crippen molar-refractivity contribution < 1.29 is 23.7 Å². The predicted octanol–water partition coefficient (Wildman–Crippen LogP) is 1.03. The third kappa shape index (κ3) is 6.65. The summed E-state index contributed by atoms with van der Waals surface area (Å²) in [6, 6.07) is 0. The van der Waals surface area contributed by atoms with E-state index in [9.17, 15) is 0 Å². The van der Waals surface area contributed by atoms with Gasteiger partial charge >= 0.3 is 0 Å². The molecule has 0 bridgehead atoms. The van der Waals surface area contributed by atoms with E-state index in [0.717, 1.165) is 25.9 Å². The quantitative estimate of drug-likeness (QED) is 0.289. The Hall–Kier alpha value is 0.0169. The van der Waals surface area contributed by atoms with Crippen molar-refractivity contribution in [2.24, 2.45) is 0 Å². The van der Waals surface area contributed by atoms with Gasteiger partial charge in [0.25, 0.3) is 0 Å². The Morgan fingerprint density at radius 3 is 2.05 bits per heavy atom. The van der Waals surface area contributed by atoms with Crippen molar-refractivity contribution >= 4 is 10.2 Å². The van der Waals surface area contributed by atoms with Crippen LogP contribution in [0.5, 0.6) is 0 Å². The van der Waals surface area contributed by atoms with E-state index in [1.54, 1.807) is 0 Å². The molecule has 2 atom stereocenters. The zero-order valence-electron chi connectivity index (χ0n) is 13.4. The molecule has 1 aliphatic rings. The molecule has 5 nitrogen and oxygen atoms in total. The lowest BCUT2D eigenvalue weighted by molar-refractivity contribution is -0.312. The molecule has 1 aliphatic heterocycles. The molecule has 1 heterocycles. The van der Waals surface area contributed by atoms with Crippen molar-refractivity contribution in [2.45, 2.75) is 57.8 Å². The number of ether oxygens (including phenoxy) is 5. The molecule has 0 N–H and O–H groups in total. The second-order valence-corrected chi connectivity index (χ2v) is 6.60. The Balaban J connectivity index is 2.59. The summed E-state index contributed by atoms with van der Waals surface area (Å²) in [6.45, 7) is 9.52. The summed E-state index contributed by atoms with van der Waals surface area (Å²) in [5.41, 5.74) is -0.744. The van der Waals surface area contributed by atoms with Crippen LogP contribution in [0.4, 0.5) is 0 Å². The van der Waals surface area contributed by atoms with Gasteiger partial charge in [-0.3, -0.25) is 0 Å². The van der Waals surface area contributed by atoms with Gasteiger partial charge in [0.15, 0.2) is 5.41 Å². The van der Waals surface area contributed by atoms with Crippen molar-refractivity contribution in [3.8, 4) is 0 Å². The maximum atomic E-state index is 5.98. The Morgan fingerprint density at radius 1 is 1.05 bits per heavy atom. The highest BCUT2D eigenvalue weighted by Gasteiger charge is 2.39. The monoisotopic (exact) mass is 306 g/mol. The molecule has 0 amide bonds. The van der Waals surface area contributed by atoms with Crippen LogP contribution in [-0.2, 0) is 23.7 Å². The Bertz CT molecular complexity index is 242. The number of hydrogen-bond donors (Lipinski definition) is 0. The summed E-state index contributed by atoms with van der Waals surface area (Å²) < 4.78 is 28.8. The topological polar surface area (TPSA) is 49.5 Å². The summed E-state index contributed by atoms with van der Waals surface area (Å²) in [6.07, 6.45) is 2.61. The van der Waals surface area contributed by atoms with E-state index in [0.29, 0.717) is 36.7 Å². The van der Waals surface area contributed by atoms with Crippen LogP contribution in [0.15, 0.2) is 0 Å². The molecular formula is C14H30O5Si. The first-order valence-corrected chi connectivity index (χ1v) is 8.79. The first-order chi connectivity index (χ1) is 9.66. The Labute approximate surface area is 125 Å². The second kappa shape index (κ2) is 9.86. The standard InChI is InChI=1S/C14H30O5Si/c1-4-7-15-13(16-8-5-2)14(20,18-9-6-3)19-11-12-10-17-12/h12-13H,4-11H2,1-3,20H3. The van der Waals surface area contributed by atoms with Gasteiger partial charge in [-0.05, 0) is 19.3 Å². The van der Waals surface area contributed by atoms with Crippen LogP contribution in [0.25, 0.3) is 0 Å². The first kappa shape index (κ1) is 18.1. The van der Waals surface area contributed by atoms with Gasteiger partial charge in [-0.25, -0.2) is 0 Å². The SMILES string of the molecule is CCCOC(OCCC)C([SiH3])(OCCC)OCC1CO1. The van der Waals surface area contributed by atoms with E-state index in [1.165, 1.54) is 0 Å². The van der Waals surface area contributed by atoms with Gasteiger partial charge < -0.3 is 23.7 Å². The number of rotatable bonds is 13. The molecule has 0 spiro atoms. The molecule has 0 aromatic carbocycles. The molecule has 1 fully saturated rings. The fourth-order valence-electron chi connectivity index (χ4n) is 1.71. The lowest BCUT2D eigenvalue weighted by Gasteiger charge is -2.37. The fraction of sp³-hybridized carbons (Fsp3) is 1.00. The molecular weight excluding hydrogens is 276 g/mol. The highest BCUT2D eigenvalue weighted by molar-refractivity contribution is 6.13. The zero-order chi connectivity index (χ0) is 14.8. The summed E-state index contributed by atoms with van der Waals surface area (Å²) in [5.74, 6) is 0. The highest BCUT2D eigenvalue weighted by atomic mass is 28.1. The number of epoxide rings is 1. The van der Waals surface area contributed by atoms with Gasteiger partial charge in [-0.2, -0.15) is 0 Å². The zero-order valence-corrected chi connectivity index (χ0v) is 15.4. The molecule has 2 unspecified atom stereocenters. The van der Waals surface area contributed by atoms with Gasteiger partial charge in [0, 0.05) is 19.8 Å². The highest BCUT2D eigenvalue weighted by Crippen LogP contribution is 2.22. The van der Waals surface area contributed by atoms with Crippen molar-refractivity contribution in [1.29, 1.82) is 0 Å². The lowest BCUT2D eigenvalue weighted by atomic mass is 10.4. The van der Waals surface area contributed by atoms with E-state index >= 15 is 0 Å². The van der Waals surface area contributed by atoms with Crippen LogP contribution in [0.2, 0.25) is 0 Å². The van der Waals surface area contributed by atoms with Crippen LogP contribution in [0.3, 0.4) is 0 Å². The smallest absolute Gasteiger partial charge is 0.207 e. The van der Waals surface area contributed by atoms with Gasteiger partial charge in [0.2, 0.25) is 6.29 Å². The summed E-state index contributed by atoms with van der Waals surface area (Å²) in [7, 11) is 0.683. The molecule has 1 saturated heterocycles. The minimum Gasteiger partial charge on any atom is -0.371 e. The van der Waals surface area contributed by atoms with Gasteiger partial charge in [0.05, 0.1) is 23.5 Å². The van der Waals surface area contributed by atoms with Gasteiger partial charge in [-0.15, -0.1) is 0 Å². The van der Waals surface area contributed by atoms with Crippen molar-refractivity contribution in [2.75, 3.05) is 33.0 Å². The number of hydrogen-bond acceptors (Lipinski definition) is 5. The van der Waals surface area contributed by atoms with Crippen LogP contribution < -0.4 is 0 Å². The third-order valence-electron chi connectivity index (χ3n) is 2.93. The minimum absolute atomic E-state index is 0.214. The molecule has 120 valence electrons. The van der Waals surface area contributed by atoms with Crippen molar-refractivity contribution in [1.82, 2.24) is 0 Å². The van der Waals surface area contributed by atoms with Crippen molar-refractivity contribution in [3.05, 3.63) is 0 Å². The van der Waals surface area contributed by atoms with Crippen LogP contribution >= 0.6 is 0 Å². The molecule has 1 rings (SSSR count). The molecule has 6 heteroatoms. The van der Waals surface area contributed by atoms with Gasteiger partial charge in [0.1, 0.15) is 6.10 Å². The minimum atomic E-state index is -0.744. The predicted molar refractivity (Wildman–Crippen MR) is 80.9 cm³/mol. The summed E-state index contributed by atoms with van der Waals surface area (Å²) >= 11 is 0. The maximum absolute atomic E-state index is 5.98. The van der Waals surface area contributed by atoms with Gasteiger partial charge in [-0.1, -0.05) is 20.8 Å². The summed E-state index contributed by atoms with van der Waals surface area (Å²) in [4.78, 5) is 0. The lowest BCUT2D eigenvalue weighted by Crippen LogP contribution is -2.52. The van der Waals surface area contributed by atoms with Crippen molar-refractivity contribution in [3.63, 3.8) is 0 Å². The third-order valence-corrected chi connectivity index (χ3v) is 3.97. The van der Waals surface area contributed by atoms with E-state index in [4.69, 9.17) is 23.7 Å². The summed E-state index contributed by atoms with van der Waals surface area (Å²) in [5, 5.41) is 0. The molecule has 20 heavy (non-hydrogen) atoms. The molecule has 0 radical (unpaired) electrons. The van der Waals surface area contributed by atoms with E-state index in [1.807, 2.05) is 0 Å². The largest absolute Gasteiger partial charge is 0.371 e. The second-order valence-electron chi connectivity index (χ2n) is 5.20. The van der Waals surface area contributed by atoms with E-state index < -0.39 is 11.7 Å². The molecule has 0 aromatic heterocycles. The molecule has 0 aromatic rings. The van der Waals surface area contributed by atoms with Crippen LogP contribution in [0.1, 0.15) is 40.0 Å². The molecule has 0 saturated carbocycles. The Kier molecular flexibility index (Phi) is 8.91. The maximum Gasteiger partial charge on any atom is 0.207 e.